The van der Waals surface area contributed by atoms with Gasteiger partial charge in [0.2, 0.25) is 0 Å². The number of benzene rings is 2. The molecule has 2 aromatic carbocycles. The second kappa shape index (κ2) is 7.90. The lowest BCUT2D eigenvalue weighted by Crippen LogP contribution is -2.34. The van der Waals surface area contributed by atoms with E-state index in [4.69, 9.17) is 9.47 Å². The molecule has 1 unspecified atom stereocenters. The highest BCUT2D eigenvalue weighted by atomic mass is 19.4. The summed E-state index contributed by atoms with van der Waals surface area (Å²) in [6.45, 7) is -0.480. The Morgan fingerprint density at radius 1 is 1.15 bits per heavy atom. The van der Waals surface area contributed by atoms with Crippen LogP contribution >= 0.6 is 0 Å². The van der Waals surface area contributed by atoms with Crippen LogP contribution in [0.4, 0.5) is 13.2 Å². The molecule has 27 heavy (non-hydrogen) atoms. The Kier molecular flexibility index (Phi) is 5.58. The lowest BCUT2D eigenvalue weighted by atomic mass is 10.0. The van der Waals surface area contributed by atoms with Gasteiger partial charge in [0.15, 0.2) is 6.61 Å². The molecule has 1 amide bonds. The van der Waals surface area contributed by atoms with Crippen molar-refractivity contribution in [3.05, 3.63) is 59.7 Å². The summed E-state index contributed by atoms with van der Waals surface area (Å²) in [4.78, 5) is 12.3. The van der Waals surface area contributed by atoms with Gasteiger partial charge in [0, 0.05) is 0 Å². The predicted molar refractivity (Wildman–Crippen MR) is 93.5 cm³/mol. The summed E-state index contributed by atoms with van der Waals surface area (Å²) in [5.41, 5.74) is 0.0361. The lowest BCUT2D eigenvalue weighted by molar-refractivity contribution is -0.139. The average Bonchev–Trinajstić information content (AvgIpc) is 3.49. The summed E-state index contributed by atoms with van der Waals surface area (Å²) in [5.74, 6) is 0.226. The highest BCUT2D eigenvalue weighted by Gasteiger charge is 2.35. The van der Waals surface area contributed by atoms with E-state index in [9.17, 15) is 18.0 Å². The second-order valence-corrected chi connectivity index (χ2v) is 6.44. The predicted octanol–water partition coefficient (Wildman–Crippen LogP) is 4.36. The fraction of sp³-hybridized carbons (Fsp3) is 0.350. The number of nitrogens with one attached hydrogen (secondary N) is 1. The standard InChI is InChI=1S/C20H20F3NO3/c1-26-15-10-8-14(9-11-15)19(13-6-7-13)24-18(25)12-27-17-5-3-2-4-16(17)20(21,22)23/h2-5,8-11,13,19H,6-7,12H2,1H3,(H,24,25). The smallest absolute Gasteiger partial charge is 0.419 e. The van der Waals surface area contributed by atoms with Crippen molar-refractivity contribution < 1.29 is 27.4 Å². The molecule has 1 fully saturated rings. The topological polar surface area (TPSA) is 47.6 Å². The maximum absolute atomic E-state index is 13.0. The van der Waals surface area contributed by atoms with Crippen molar-refractivity contribution in [3.8, 4) is 11.5 Å². The molecule has 0 spiro atoms. The van der Waals surface area contributed by atoms with E-state index >= 15 is 0 Å². The first-order chi connectivity index (χ1) is 12.9. The molecule has 0 bridgehead atoms. The zero-order valence-corrected chi connectivity index (χ0v) is 14.8. The number of para-hydroxylation sites is 1. The zero-order chi connectivity index (χ0) is 19.4. The van der Waals surface area contributed by atoms with Crippen LogP contribution in [0, 0.1) is 5.92 Å². The molecule has 1 aliphatic rings. The fourth-order valence-corrected chi connectivity index (χ4v) is 2.90. The van der Waals surface area contributed by atoms with Crippen LogP contribution in [0.2, 0.25) is 0 Å². The van der Waals surface area contributed by atoms with Crippen LogP contribution in [0.15, 0.2) is 48.5 Å². The minimum absolute atomic E-state index is 0.190. The van der Waals surface area contributed by atoms with Crippen molar-refractivity contribution >= 4 is 5.91 Å². The van der Waals surface area contributed by atoms with Gasteiger partial charge in [-0.2, -0.15) is 13.2 Å². The molecule has 0 aliphatic heterocycles. The van der Waals surface area contributed by atoms with Crippen molar-refractivity contribution in [3.63, 3.8) is 0 Å². The van der Waals surface area contributed by atoms with Crippen molar-refractivity contribution in [1.82, 2.24) is 5.32 Å². The zero-order valence-electron chi connectivity index (χ0n) is 14.8. The molecule has 144 valence electrons. The van der Waals surface area contributed by atoms with Crippen LogP contribution in [-0.2, 0) is 11.0 Å². The maximum Gasteiger partial charge on any atom is 0.419 e. The number of carbonyl (C=O) groups is 1. The van der Waals surface area contributed by atoms with Crippen LogP contribution in [0.1, 0.15) is 30.0 Å². The highest BCUT2D eigenvalue weighted by molar-refractivity contribution is 5.78. The summed E-state index contributed by atoms with van der Waals surface area (Å²) < 4.78 is 49.2. The summed E-state index contributed by atoms with van der Waals surface area (Å²) in [7, 11) is 1.57. The maximum atomic E-state index is 13.0. The number of ether oxygens (including phenoxy) is 2. The third-order valence-electron chi connectivity index (χ3n) is 4.44. The summed E-state index contributed by atoms with van der Waals surface area (Å²) in [5, 5.41) is 2.88. The summed E-state index contributed by atoms with van der Waals surface area (Å²) in [6, 6.07) is 12.0. The third kappa shape index (κ3) is 4.93. The van der Waals surface area contributed by atoms with Gasteiger partial charge in [0.05, 0.1) is 18.7 Å². The molecule has 0 heterocycles. The quantitative estimate of drug-likeness (QED) is 0.778. The molecule has 7 heteroatoms. The molecule has 1 saturated carbocycles. The van der Waals surface area contributed by atoms with Crippen molar-refractivity contribution in [1.29, 1.82) is 0 Å². The highest BCUT2D eigenvalue weighted by Crippen LogP contribution is 2.41. The van der Waals surface area contributed by atoms with Crippen LogP contribution in [0.3, 0.4) is 0 Å². The van der Waals surface area contributed by atoms with Crippen molar-refractivity contribution in [2.24, 2.45) is 5.92 Å². The molecule has 1 N–H and O–H groups in total. The SMILES string of the molecule is COc1ccc(C(NC(=O)COc2ccccc2C(F)(F)F)C2CC2)cc1. The molecule has 2 aromatic rings. The third-order valence-corrected chi connectivity index (χ3v) is 4.44. The first-order valence-electron chi connectivity index (χ1n) is 8.61. The molecule has 1 aliphatic carbocycles. The number of alkyl halides is 3. The van der Waals surface area contributed by atoms with E-state index in [1.54, 1.807) is 7.11 Å². The van der Waals surface area contributed by atoms with E-state index in [2.05, 4.69) is 5.32 Å². The first kappa shape index (κ1) is 19.1. The van der Waals surface area contributed by atoms with Gasteiger partial charge in [-0.15, -0.1) is 0 Å². The Bertz CT molecular complexity index is 786. The molecular weight excluding hydrogens is 359 g/mol. The van der Waals surface area contributed by atoms with Crippen LogP contribution in [-0.4, -0.2) is 19.6 Å². The van der Waals surface area contributed by atoms with Crippen LogP contribution in [0.25, 0.3) is 0 Å². The summed E-state index contributed by atoms with van der Waals surface area (Å²) >= 11 is 0. The van der Waals surface area contributed by atoms with Gasteiger partial charge in [-0.25, -0.2) is 0 Å². The number of carbonyl (C=O) groups excluding carboxylic acids is 1. The van der Waals surface area contributed by atoms with Gasteiger partial charge in [-0.1, -0.05) is 24.3 Å². The molecule has 0 saturated heterocycles. The van der Waals surface area contributed by atoms with Gasteiger partial charge in [0.1, 0.15) is 11.5 Å². The minimum atomic E-state index is -4.54. The Balaban J connectivity index is 1.64. The van der Waals surface area contributed by atoms with Gasteiger partial charge in [-0.05, 0) is 48.6 Å². The number of rotatable bonds is 7. The number of amides is 1. The van der Waals surface area contributed by atoms with Crippen molar-refractivity contribution in [2.75, 3.05) is 13.7 Å². The minimum Gasteiger partial charge on any atom is -0.497 e. The Labute approximate surface area is 155 Å². The molecule has 1 atom stereocenters. The number of hydrogen-bond acceptors (Lipinski definition) is 3. The molecule has 0 radical (unpaired) electrons. The van der Waals surface area contributed by atoms with Crippen LogP contribution in [0.5, 0.6) is 11.5 Å². The van der Waals surface area contributed by atoms with Crippen LogP contribution < -0.4 is 14.8 Å². The van der Waals surface area contributed by atoms with E-state index in [0.29, 0.717) is 11.7 Å². The van der Waals surface area contributed by atoms with E-state index in [-0.39, 0.29) is 11.8 Å². The van der Waals surface area contributed by atoms with Crippen molar-refractivity contribution in [2.45, 2.75) is 25.1 Å². The molecule has 0 aromatic heterocycles. The Hall–Kier alpha value is -2.70. The van der Waals surface area contributed by atoms with Gasteiger partial charge in [0.25, 0.3) is 5.91 Å². The number of halogens is 3. The number of methoxy groups -OCH3 is 1. The normalized spacial score (nSPS) is 15.1. The fourth-order valence-electron chi connectivity index (χ4n) is 2.90. The van der Waals surface area contributed by atoms with E-state index in [1.165, 1.54) is 18.2 Å². The Morgan fingerprint density at radius 3 is 2.41 bits per heavy atom. The van der Waals surface area contributed by atoms with E-state index in [0.717, 1.165) is 24.5 Å². The molecule has 4 nitrogen and oxygen atoms in total. The Morgan fingerprint density at radius 2 is 1.81 bits per heavy atom. The molecular formula is C20H20F3NO3. The van der Waals surface area contributed by atoms with Gasteiger partial charge >= 0.3 is 6.18 Å². The molecule has 3 rings (SSSR count). The first-order valence-corrected chi connectivity index (χ1v) is 8.61. The van der Waals surface area contributed by atoms with Gasteiger partial charge in [-0.3, -0.25) is 4.79 Å². The van der Waals surface area contributed by atoms with E-state index < -0.39 is 24.3 Å². The summed E-state index contributed by atoms with van der Waals surface area (Å²) in [6.07, 6.45) is -2.55. The lowest BCUT2D eigenvalue weighted by Gasteiger charge is -2.20. The van der Waals surface area contributed by atoms with Gasteiger partial charge < -0.3 is 14.8 Å². The van der Waals surface area contributed by atoms with E-state index in [1.807, 2.05) is 24.3 Å². The monoisotopic (exact) mass is 379 g/mol. The number of hydrogen-bond donors (Lipinski definition) is 1. The average molecular weight is 379 g/mol. The largest absolute Gasteiger partial charge is 0.497 e. The second-order valence-electron chi connectivity index (χ2n) is 6.44.